The standard InChI is InChI=1S/C29H29N7O2.C2HF3O2/c30-29-34-24(19-4-2-1-3-5-19)17-27(35-29)32-21-6-8-22(9-7-21)38-23-10-13-31-25(16-23)28(37)33-26-18-36-14-11-20(26)12-15-36;3-2(4,5)1(6)7/h1-10,13,16-17,20,26H,11-12,14-15,18H2,(H,33,37)(H3,30,32,34,35);(H,6,7). The van der Waals surface area contributed by atoms with Crippen molar-refractivity contribution in [3.05, 3.63) is 84.7 Å². The number of anilines is 3. The lowest BCUT2D eigenvalue weighted by atomic mass is 9.84. The number of carbonyl (C=O) groups excluding carboxylic acids is 1. The quantitative estimate of drug-likeness (QED) is 0.219. The average molecular weight is 622 g/mol. The third kappa shape index (κ3) is 8.44. The zero-order valence-electron chi connectivity index (χ0n) is 23.9. The number of fused-ring (bicyclic) bond motifs is 3. The van der Waals surface area contributed by atoms with Crippen molar-refractivity contribution in [3.63, 3.8) is 0 Å². The van der Waals surface area contributed by atoms with Gasteiger partial charge in [0.25, 0.3) is 5.91 Å². The normalized spacial score (nSPS) is 18.7. The Morgan fingerprint density at radius 1 is 0.956 bits per heavy atom. The summed E-state index contributed by atoms with van der Waals surface area (Å²) in [7, 11) is 0. The highest BCUT2D eigenvalue weighted by molar-refractivity contribution is 5.92. The molecule has 14 heteroatoms. The first kappa shape index (κ1) is 31.2. The van der Waals surface area contributed by atoms with Crippen LogP contribution in [0.5, 0.6) is 11.5 Å². The summed E-state index contributed by atoms with van der Waals surface area (Å²) in [6.07, 6.45) is -1.20. The molecule has 234 valence electrons. The van der Waals surface area contributed by atoms with Gasteiger partial charge < -0.3 is 31.1 Å². The van der Waals surface area contributed by atoms with Gasteiger partial charge in [-0.2, -0.15) is 18.2 Å². The predicted molar refractivity (Wildman–Crippen MR) is 160 cm³/mol. The number of halogens is 3. The van der Waals surface area contributed by atoms with E-state index in [1.54, 1.807) is 18.3 Å². The monoisotopic (exact) mass is 621 g/mol. The number of alkyl halides is 3. The molecule has 1 unspecified atom stereocenters. The first-order valence-electron chi connectivity index (χ1n) is 14.1. The van der Waals surface area contributed by atoms with Crippen LogP contribution in [0.2, 0.25) is 0 Å². The zero-order chi connectivity index (χ0) is 32.0. The smallest absolute Gasteiger partial charge is 0.475 e. The number of pyridine rings is 1. The second kappa shape index (κ2) is 13.6. The van der Waals surface area contributed by atoms with Crippen LogP contribution in [0.15, 0.2) is 79.0 Å². The molecule has 3 saturated heterocycles. The van der Waals surface area contributed by atoms with Crippen LogP contribution in [-0.4, -0.2) is 68.7 Å². The highest BCUT2D eigenvalue weighted by atomic mass is 19.4. The van der Waals surface area contributed by atoms with Gasteiger partial charge in [-0.25, -0.2) is 9.78 Å². The Bertz CT molecular complexity index is 1630. The van der Waals surface area contributed by atoms with Gasteiger partial charge in [-0.1, -0.05) is 30.3 Å². The number of aliphatic carboxylic acids is 1. The molecule has 2 bridgehead atoms. The maximum Gasteiger partial charge on any atom is 0.490 e. The Morgan fingerprint density at radius 3 is 2.27 bits per heavy atom. The molecule has 1 atom stereocenters. The van der Waals surface area contributed by atoms with Crippen LogP contribution >= 0.6 is 0 Å². The molecule has 0 aliphatic carbocycles. The van der Waals surface area contributed by atoms with Crippen molar-refractivity contribution in [2.75, 3.05) is 30.7 Å². The number of hydrogen-bond acceptors (Lipinski definition) is 9. The van der Waals surface area contributed by atoms with Crippen molar-refractivity contribution in [3.8, 4) is 22.8 Å². The van der Waals surface area contributed by atoms with Gasteiger partial charge in [0.2, 0.25) is 5.95 Å². The molecular weight excluding hydrogens is 591 g/mol. The summed E-state index contributed by atoms with van der Waals surface area (Å²) < 4.78 is 37.7. The van der Waals surface area contributed by atoms with Crippen LogP contribution in [0.1, 0.15) is 23.3 Å². The molecule has 0 saturated carbocycles. The fraction of sp³-hybridized carbons (Fsp3) is 0.258. The number of amides is 1. The number of aromatic nitrogens is 3. The highest BCUT2D eigenvalue weighted by Crippen LogP contribution is 2.29. The minimum absolute atomic E-state index is 0.159. The summed E-state index contributed by atoms with van der Waals surface area (Å²) in [4.78, 5) is 37.1. The lowest BCUT2D eigenvalue weighted by Crippen LogP contribution is -2.57. The Kier molecular flexibility index (Phi) is 9.42. The van der Waals surface area contributed by atoms with Crippen molar-refractivity contribution in [1.29, 1.82) is 0 Å². The van der Waals surface area contributed by atoms with Gasteiger partial charge in [0.15, 0.2) is 0 Å². The van der Waals surface area contributed by atoms with Crippen molar-refractivity contribution in [2.45, 2.75) is 25.1 Å². The number of nitrogens with zero attached hydrogens (tertiary/aromatic N) is 4. The van der Waals surface area contributed by atoms with Gasteiger partial charge in [-0.15, -0.1) is 0 Å². The average Bonchev–Trinajstić information content (AvgIpc) is 3.03. The number of ether oxygens (including phenoxy) is 1. The molecule has 5 heterocycles. The lowest BCUT2D eigenvalue weighted by molar-refractivity contribution is -0.192. The summed E-state index contributed by atoms with van der Waals surface area (Å²) >= 11 is 0. The summed E-state index contributed by atoms with van der Waals surface area (Å²) in [5.74, 6) is -0.384. The van der Waals surface area contributed by atoms with E-state index < -0.39 is 12.1 Å². The molecule has 4 aromatic rings. The van der Waals surface area contributed by atoms with E-state index in [0.717, 1.165) is 49.4 Å². The van der Waals surface area contributed by atoms with Gasteiger partial charge in [0.1, 0.15) is 23.0 Å². The third-order valence-electron chi connectivity index (χ3n) is 7.35. The first-order chi connectivity index (χ1) is 21.5. The molecule has 11 nitrogen and oxygen atoms in total. The van der Waals surface area contributed by atoms with E-state index in [0.29, 0.717) is 28.9 Å². The van der Waals surface area contributed by atoms with Crippen LogP contribution in [-0.2, 0) is 4.79 Å². The van der Waals surface area contributed by atoms with Crippen LogP contribution in [0.25, 0.3) is 11.3 Å². The van der Waals surface area contributed by atoms with E-state index in [1.807, 2.05) is 60.7 Å². The van der Waals surface area contributed by atoms with E-state index in [-0.39, 0.29) is 17.9 Å². The Hall–Kier alpha value is -5.24. The Balaban J connectivity index is 0.000000515. The number of benzene rings is 2. The Labute approximate surface area is 256 Å². The fourth-order valence-electron chi connectivity index (χ4n) is 5.15. The second-order valence-electron chi connectivity index (χ2n) is 10.5. The molecule has 0 spiro atoms. The van der Waals surface area contributed by atoms with Crippen LogP contribution in [0, 0.1) is 5.92 Å². The van der Waals surface area contributed by atoms with E-state index >= 15 is 0 Å². The van der Waals surface area contributed by atoms with Crippen molar-refractivity contribution >= 4 is 29.3 Å². The molecule has 0 radical (unpaired) electrons. The molecule has 45 heavy (non-hydrogen) atoms. The minimum atomic E-state index is -5.08. The SMILES string of the molecule is Nc1nc(Nc2ccc(Oc3ccnc(C(=O)NC4CN5CCC4CC5)c3)cc2)cc(-c2ccccc2)n1.O=C(O)C(F)(F)F. The summed E-state index contributed by atoms with van der Waals surface area (Å²) in [6.45, 7) is 3.19. The highest BCUT2D eigenvalue weighted by Gasteiger charge is 2.38. The number of nitrogen functional groups attached to an aromatic ring is 1. The number of carbonyl (C=O) groups is 2. The molecule has 3 fully saturated rings. The largest absolute Gasteiger partial charge is 0.490 e. The van der Waals surface area contributed by atoms with Gasteiger partial charge in [0.05, 0.1) is 5.69 Å². The number of nitrogens with one attached hydrogen (secondary N) is 2. The number of nitrogens with two attached hydrogens (primary N) is 1. The van der Waals surface area contributed by atoms with E-state index in [2.05, 4.69) is 30.5 Å². The number of hydrogen-bond donors (Lipinski definition) is 4. The Morgan fingerprint density at radius 2 is 1.64 bits per heavy atom. The molecule has 2 aromatic heterocycles. The van der Waals surface area contributed by atoms with Crippen molar-refractivity contribution < 1.29 is 32.6 Å². The number of carboxylic acids is 1. The molecule has 2 aromatic carbocycles. The summed E-state index contributed by atoms with van der Waals surface area (Å²) in [5.41, 5.74) is 8.82. The van der Waals surface area contributed by atoms with Crippen molar-refractivity contribution in [2.24, 2.45) is 5.92 Å². The van der Waals surface area contributed by atoms with E-state index in [4.69, 9.17) is 20.4 Å². The summed E-state index contributed by atoms with van der Waals surface area (Å²) in [5, 5.41) is 13.6. The topological polar surface area (TPSA) is 156 Å². The van der Waals surface area contributed by atoms with Crippen LogP contribution in [0.3, 0.4) is 0 Å². The lowest BCUT2D eigenvalue weighted by Gasteiger charge is -2.44. The number of piperidine rings is 3. The maximum atomic E-state index is 12.9. The third-order valence-corrected chi connectivity index (χ3v) is 7.35. The fourth-order valence-corrected chi connectivity index (χ4v) is 5.15. The summed E-state index contributed by atoms with van der Waals surface area (Å²) in [6, 6.07) is 22.7. The van der Waals surface area contributed by atoms with Crippen molar-refractivity contribution in [1.82, 2.24) is 25.2 Å². The van der Waals surface area contributed by atoms with E-state index in [1.165, 1.54) is 0 Å². The van der Waals surface area contributed by atoms with Gasteiger partial charge in [0, 0.05) is 42.2 Å². The molecular formula is C31H30F3N7O4. The van der Waals surface area contributed by atoms with E-state index in [9.17, 15) is 18.0 Å². The predicted octanol–water partition coefficient (Wildman–Crippen LogP) is 5.11. The van der Waals surface area contributed by atoms with Gasteiger partial charge in [-0.3, -0.25) is 9.78 Å². The number of rotatable bonds is 7. The molecule has 1 amide bonds. The number of carboxylic acid groups (broad SMARTS) is 1. The minimum Gasteiger partial charge on any atom is -0.475 e. The maximum absolute atomic E-state index is 12.9. The first-order valence-corrected chi connectivity index (χ1v) is 14.1. The zero-order valence-corrected chi connectivity index (χ0v) is 23.9. The van der Waals surface area contributed by atoms with Crippen LogP contribution in [0.4, 0.5) is 30.6 Å². The molecule has 3 aliphatic rings. The molecule has 7 rings (SSSR count). The van der Waals surface area contributed by atoms with Gasteiger partial charge >= 0.3 is 12.1 Å². The van der Waals surface area contributed by atoms with Gasteiger partial charge in [-0.05, 0) is 62.2 Å². The second-order valence-corrected chi connectivity index (χ2v) is 10.5. The molecule has 3 aliphatic heterocycles. The van der Waals surface area contributed by atoms with Crippen LogP contribution < -0.4 is 21.1 Å². The molecule has 5 N–H and O–H groups in total.